The predicted octanol–water partition coefficient (Wildman–Crippen LogP) is 3.16. The molecule has 10 heteroatoms. The van der Waals surface area contributed by atoms with Gasteiger partial charge in [0.25, 0.3) is 0 Å². The highest BCUT2D eigenvalue weighted by Gasteiger charge is 2.16. The van der Waals surface area contributed by atoms with E-state index in [0.717, 1.165) is 5.01 Å². The van der Waals surface area contributed by atoms with Gasteiger partial charge in [0.1, 0.15) is 10.8 Å². The molecule has 1 amide bonds. The fraction of sp³-hybridized carbons (Fsp3) is 0.188. The number of thioether (sulfide) groups is 1. The van der Waals surface area contributed by atoms with Crippen molar-refractivity contribution < 1.29 is 9.18 Å². The van der Waals surface area contributed by atoms with E-state index in [2.05, 4.69) is 32.3 Å². The summed E-state index contributed by atoms with van der Waals surface area (Å²) >= 11 is 2.54. The summed E-state index contributed by atoms with van der Waals surface area (Å²) in [6.07, 6.45) is 1.69. The van der Waals surface area contributed by atoms with Crippen molar-refractivity contribution in [3.05, 3.63) is 47.7 Å². The highest BCUT2D eigenvalue weighted by molar-refractivity contribution is 7.99. The standard InChI is InChI=1S/C16H15FN6OS2/c1-3-7-23-14(11-5-4-6-12(17)8-11)20-22-16(23)25-9-13(24)18-15-21-19-10(2)26-15/h3-6,8H,1,7,9H2,2H3,(H,18,21,24). The van der Waals surface area contributed by atoms with Gasteiger partial charge in [-0.2, -0.15) is 0 Å². The maximum atomic E-state index is 13.5. The molecule has 1 N–H and O–H groups in total. The second-order valence-electron chi connectivity index (χ2n) is 5.18. The zero-order valence-electron chi connectivity index (χ0n) is 13.8. The van der Waals surface area contributed by atoms with Gasteiger partial charge >= 0.3 is 0 Å². The molecule has 0 spiro atoms. The zero-order valence-corrected chi connectivity index (χ0v) is 15.5. The third-order valence-corrected chi connectivity index (χ3v) is 4.94. The molecule has 3 aromatic rings. The zero-order chi connectivity index (χ0) is 18.5. The Bertz CT molecular complexity index is 938. The van der Waals surface area contributed by atoms with Crippen LogP contribution in [0.25, 0.3) is 11.4 Å². The van der Waals surface area contributed by atoms with Crippen LogP contribution in [0.1, 0.15) is 5.01 Å². The Balaban J connectivity index is 1.73. The predicted molar refractivity (Wildman–Crippen MR) is 99.6 cm³/mol. The molecule has 0 atom stereocenters. The van der Waals surface area contributed by atoms with Crippen LogP contribution in [0.5, 0.6) is 0 Å². The number of amides is 1. The van der Waals surface area contributed by atoms with Crippen LogP contribution in [0.15, 0.2) is 42.1 Å². The SMILES string of the molecule is C=CCn1c(SCC(=O)Nc2nnc(C)s2)nnc1-c1cccc(F)c1. The summed E-state index contributed by atoms with van der Waals surface area (Å²) in [4.78, 5) is 12.1. The highest BCUT2D eigenvalue weighted by Crippen LogP contribution is 2.25. The van der Waals surface area contributed by atoms with Gasteiger partial charge in [0.15, 0.2) is 11.0 Å². The molecule has 0 fully saturated rings. The number of nitrogens with zero attached hydrogens (tertiary/aromatic N) is 5. The molecule has 0 saturated carbocycles. The second kappa shape index (κ2) is 8.19. The van der Waals surface area contributed by atoms with Crippen molar-refractivity contribution in [3.8, 4) is 11.4 Å². The first-order valence-electron chi connectivity index (χ1n) is 7.59. The average molecular weight is 390 g/mol. The Hall–Kier alpha value is -2.59. The van der Waals surface area contributed by atoms with Crippen molar-refractivity contribution in [1.29, 1.82) is 0 Å². The number of anilines is 1. The van der Waals surface area contributed by atoms with Crippen LogP contribution in [0, 0.1) is 12.7 Å². The molecule has 134 valence electrons. The molecule has 2 aromatic heterocycles. The Labute approximate surface area is 157 Å². The summed E-state index contributed by atoms with van der Waals surface area (Å²) in [5, 5.41) is 20.4. The van der Waals surface area contributed by atoms with Crippen molar-refractivity contribution in [1.82, 2.24) is 25.0 Å². The number of halogens is 1. The van der Waals surface area contributed by atoms with Crippen molar-refractivity contribution in [2.75, 3.05) is 11.1 Å². The molecule has 0 bridgehead atoms. The van der Waals surface area contributed by atoms with E-state index >= 15 is 0 Å². The molecule has 7 nitrogen and oxygen atoms in total. The lowest BCUT2D eigenvalue weighted by atomic mass is 10.2. The number of aryl methyl sites for hydroxylation is 1. The van der Waals surface area contributed by atoms with Crippen molar-refractivity contribution in [3.63, 3.8) is 0 Å². The maximum Gasteiger partial charge on any atom is 0.236 e. The first-order valence-corrected chi connectivity index (χ1v) is 9.40. The van der Waals surface area contributed by atoms with Gasteiger partial charge in [0.05, 0.1) is 5.75 Å². The van der Waals surface area contributed by atoms with E-state index in [0.29, 0.717) is 28.2 Å². The van der Waals surface area contributed by atoms with Gasteiger partial charge in [-0.25, -0.2) is 4.39 Å². The van der Waals surface area contributed by atoms with Gasteiger partial charge in [-0.3, -0.25) is 14.7 Å². The van der Waals surface area contributed by atoms with Crippen LogP contribution in [-0.2, 0) is 11.3 Å². The van der Waals surface area contributed by atoms with E-state index in [-0.39, 0.29) is 17.5 Å². The number of hydrogen-bond acceptors (Lipinski definition) is 7. The molecule has 2 heterocycles. The number of hydrogen-bond donors (Lipinski definition) is 1. The van der Waals surface area contributed by atoms with Crippen molar-refractivity contribution in [2.45, 2.75) is 18.6 Å². The maximum absolute atomic E-state index is 13.5. The fourth-order valence-corrected chi connectivity index (χ4v) is 3.52. The van der Waals surface area contributed by atoms with Crippen LogP contribution >= 0.6 is 23.1 Å². The number of aromatic nitrogens is 5. The molecule has 0 saturated heterocycles. The van der Waals surface area contributed by atoms with Gasteiger partial charge in [0, 0.05) is 12.1 Å². The molecular formula is C16H15FN6OS2. The van der Waals surface area contributed by atoms with Crippen molar-refractivity contribution >= 4 is 34.1 Å². The average Bonchev–Trinajstić information content (AvgIpc) is 3.20. The topological polar surface area (TPSA) is 85.6 Å². The smallest absolute Gasteiger partial charge is 0.236 e. The summed E-state index contributed by atoms with van der Waals surface area (Å²) in [7, 11) is 0. The molecule has 3 rings (SSSR count). The number of rotatable bonds is 7. The van der Waals surface area contributed by atoms with E-state index in [4.69, 9.17) is 0 Å². The van der Waals surface area contributed by atoms with E-state index in [1.165, 1.54) is 35.2 Å². The second-order valence-corrected chi connectivity index (χ2v) is 7.30. The van der Waals surface area contributed by atoms with Crippen LogP contribution in [-0.4, -0.2) is 36.6 Å². The number of benzene rings is 1. The van der Waals surface area contributed by atoms with E-state index in [9.17, 15) is 9.18 Å². The molecule has 1 aromatic carbocycles. The quantitative estimate of drug-likeness (QED) is 0.493. The van der Waals surface area contributed by atoms with E-state index in [1.54, 1.807) is 22.8 Å². The summed E-state index contributed by atoms with van der Waals surface area (Å²) in [5.41, 5.74) is 0.611. The molecule has 0 aliphatic heterocycles. The highest BCUT2D eigenvalue weighted by atomic mass is 32.2. The van der Waals surface area contributed by atoms with Gasteiger partial charge < -0.3 is 0 Å². The normalized spacial score (nSPS) is 10.7. The fourth-order valence-electron chi connectivity index (χ4n) is 2.16. The minimum absolute atomic E-state index is 0.136. The van der Waals surface area contributed by atoms with Crippen LogP contribution in [0.3, 0.4) is 0 Å². The molecular weight excluding hydrogens is 375 g/mol. The number of carbonyl (C=O) groups is 1. The van der Waals surface area contributed by atoms with E-state index < -0.39 is 0 Å². The Morgan fingerprint density at radius 1 is 1.38 bits per heavy atom. The number of nitrogens with one attached hydrogen (secondary N) is 1. The lowest BCUT2D eigenvalue weighted by molar-refractivity contribution is -0.113. The Morgan fingerprint density at radius 2 is 2.23 bits per heavy atom. The Kier molecular flexibility index (Phi) is 5.74. The summed E-state index contributed by atoms with van der Waals surface area (Å²) in [6, 6.07) is 6.13. The molecule has 26 heavy (non-hydrogen) atoms. The third kappa shape index (κ3) is 4.33. The van der Waals surface area contributed by atoms with Crippen LogP contribution < -0.4 is 5.32 Å². The summed E-state index contributed by atoms with van der Waals surface area (Å²) < 4.78 is 15.3. The van der Waals surface area contributed by atoms with Crippen LogP contribution in [0.4, 0.5) is 9.52 Å². The van der Waals surface area contributed by atoms with Gasteiger partial charge in [-0.15, -0.1) is 27.0 Å². The minimum Gasteiger partial charge on any atom is -0.300 e. The summed E-state index contributed by atoms with van der Waals surface area (Å²) in [5.74, 6) is 0.0899. The summed E-state index contributed by atoms with van der Waals surface area (Å²) in [6.45, 7) is 5.99. The van der Waals surface area contributed by atoms with E-state index in [1.807, 2.05) is 6.92 Å². The lowest BCUT2D eigenvalue weighted by Gasteiger charge is -2.07. The molecule has 0 aliphatic carbocycles. The first-order chi connectivity index (χ1) is 12.6. The third-order valence-electron chi connectivity index (χ3n) is 3.22. The Morgan fingerprint density at radius 3 is 2.92 bits per heavy atom. The number of carbonyl (C=O) groups excluding carboxylic acids is 1. The molecule has 0 radical (unpaired) electrons. The lowest BCUT2D eigenvalue weighted by Crippen LogP contribution is -2.14. The molecule has 0 aliphatic rings. The van der Waals surface area contributed by atoms with Gasteiger partial charge in [0.2, 0.25) is 11.0 Å². The number of allylic oxidation sites excluding steroid dienone is 1. The molecule has 0 unspecified atom stereocenters. The minimum atomic E-state index is -0.350. The van der Waals surface area contributed by atoms with Crippen molar-refractivity contribution in [2.24, 2.45) is 0 Å². The van der Waals surface area contributed by atoms with Gasteiger partial charge in [-0.1, -0.05) is 41.3 Å². The largest absolute Gasteiger partial charge is 0.300 e. The monoisotopic (exact) mass is 390 g/mol. The van der Waals surface area contributed by atoms with Crippen LogP contribution in [0.2, 0.25) is 0 Å². The first kappa shape index (κ1) is 18.2. The van der Waals surface area contributed by atoms with Gasteiger partial charge in [-0.05, 0) is 19.1 Å².